The number of benzodiazepines with no additional fused rings is 1. The summed E-state index contributed by atoms with van der Waals surface area (Å²) in [5, 5.41) is 9.60. The molecule has 0 unspecified atom stereocenters. The summed E-state index contributed by atoms with van der Waals surface area (Å²) in [6.07, 6.45) is 4.92. The highest BCUT2D eigenvalue weighted by molar-refractivity contribution is 7.80. The van der Waals surface area contributed by atoms with Crippen molar-refractivity contribution in [3.05, 3.63) is 96.1 Å². The van der Waals surface area contributed by atoms with Crippen molar-refractivity contribution >= 4 is 46.2 Å². The van der Waals surface area contributed by atoms with Crippen LogP contribution in [-0.2, 0) is 16.0 Å². The Morgan fingerprint density at radius 3 is 2.33 bits per heavy atom. The van der Waals surface area contributed by atoms with Gasteiger partial charge in [-0.15, -0.1) is 0 Å². The zero-order chi connectivity index (χ0) is 27.9. The summed E-state index contributed by atoms with van der Waals surface area (Å²) in [6, 6.07) is 26.5. The minimum absolute atomic E-state index is 0.259. The fraction of sp³-hybridized carbons (Fsp3) is 0.312. The molecule has 1 fully saturated rings. The van der Waals surface area contributed by atoms with Crippen molar-refractivity contribution in [1.29, 1.82) is 0 Å². The third-order valence-electron chi connectivity index (χ3n) is 7.58. The molecular weight excluding hydrogens is 518 g/mol. The SMILES string of the molecule is CN1C(=O)[C@@H](NC(=O)[C@@H](Cc2ccccc2)NC(=S)Nc2ccccc2)N=C(C2CCCCC2)c2ccccc21. The molecule has 3 aromatic rings. The molecule has 5 rings (SSSR count). The first-order chi connectivity index (χ1) is 19.5. The average molecular weight is 554 g/mol. The highest BCUT2D eigenvalue weighted by Crippen LogP contribution is 2.33. The lowest BCUT2D eigenvalue weighted by Crippen LogP contribution is -2.54. The van der Waals surface area contributed by atoms with Gasteiger partial charge in [0.05, 0.1) is 11.4 Å². The molecule has 3 aromatic carbocycles. The summed E-state index contributed by atoms with van der Waals surface area (Å²) >= 11 is 5.56. The number of aliphatic imine (C=N–C) groups is 1. The molecule has 2 aliphatic rings. The van der Waals surface area contributed by atoms with E-state index in [-0.39, 0.29) is 17.7 Å². The van der Waals surface area contributed by atoms with E-state index in [0.29, 0.717) is 11.5 Å². The van der Waals surface area contributed by atoms with Crippen LogP contribution in [0.3, 0.4) is 0 Å². The zero-order valence-corrected chi connectivity index (χ0v) is 23.5. The first-order valence-corrected chi connectivity index (χ1v) is 14.3. The van der Waals surface area contributed by atoms with Crippen LogP contribution in [0.2, 0.25) is 0 Å². The number of hydrogen-bond donors (Lipinski definition) is 3. The molecule has 8 heteroatoms. The van der Waals surface area contributed by atoms with Crippen LogP contribution in [0.4, 0.5) is 11.4 Å². The van der Waals surface area contributed by atoms with Crippen LogP contribution in [-0.4, -0.2) is 41.9 Å². The van der Waals surface area contributed by atoms with Crippen LogP contribution in [0.5, 0.6) is 0 Å². The highest BCUT2D eigenvalue weighted by Gasteiger charge is 2.34. The Kier molecular flexibility index (Phi) is 8.86. The molecule has 1 saturated carbocycles. The first kappa shape index (κ1) is 27.5. The van der Waals surface area contributed by atoms with E-state index >= 15 is 0 Å². The number of para-hydroxylation sites is 2. The van der Waals surface area contributed by atoms with Gasteiger partial charge in [-0.2, -0.15) is 0 Å². The van der Waals surface area contributed by atoms with Gasteiger partial charge in [-0.25, -0.2) is 0 Å². The Bertz CT molecular complexity index is 1370. The molecule has 2 atom stereocenters. The Morgan fingerprint density at radius 2 is 1.60 bits per heavy atom. The predicted octanol–water partition coefficient (Wildman–Crippen LogP) is 5.07. The van der Waals surface area contributed by atoms with E-state index in [9.17, 15) is 9.59 Å². The van der Waals surface area contributed by atoms with Gasteiger partial charge < -0.3 is 20.9 Å². The summed E-state index contributed by atoms with van der Waals surface area (Å²) < 4.78 is 0. The number of anilines is 2. The summed E-state index contributed by atoms with van der Waals surface area (Å²) in [4.78, 5) is 34.1. The van der Waals surface area contributed by atoms with Gasteiger partial charge in [0.2, 0.25) is 12.1 Å². The summed E-state index contributed by atoms with van der Waals surface area (Å²) in [5.74, 6) is -0.352. The van der Waals surface area contributed by atoms with E-state index < -0.39 is 12.2 Å². The lowest BCUT2D eigenvalue weighted by atomic mass is 9.83. The molecule has 0 saturated heterocycles. The summed E-state index contributed by atoms with van der Waals surface area (Å²) in [5.41, 5.74) is 4.49. The number of amides is 2. The Balaban J connectivity index is 1.41. The largest absolute Gasteiger partial charge is 0.350 e. The van der Waals surface area contributed by atoms with Gasteiger partial charge in [0.1, 0.15) is 6.04 Å². The maximum atomic E-state index is 13.8. The third kappa shape index (κ3) is 6.57. The molecule has 0 aromatic heterocycles. The summed E-state index contributed by atoms with van der Waals surface area (Å²) in [6.45, 7) is 0. The van der Waals surface area contributed by atoms with Gasteiger partial charge in [-0.1, -0.05) is 86.0 Å². The minimum atomic E-state index is -1.03. The Morgan fingerprint density at radius 1 is 0.950 bits per heavy atom. The van der Waals surface area contributed by atoms with Crippen LogP contribution in [0.15, 0.2) is 89.9 Å². The van der Waals surface area contributed by atoms with E-state index in [2.05, 4.69) is 16.0 Å². The van der Waals surface area contributed by atoms with Gasteiger partial charge in [-0.3, -0.25) is 14.6 Å². The lowest BCUT2D eigenvalue weighted by Gasteiger charge is -2.25. The molecule has 0 radical (unpaired) electrons. The van der Waals surface area contributed by atoms with Crippen molar-refractivity contribution in [2.75, 3.05) is 17.3 Å². The van der Waals surface area contributed by atoms with Crippen LogP contribution in [0.25, 0.3) is 0 Å². The summed E-state index contributed by atoms with van der Waals surface area (Å²) in [7, 11) is 1.75. The van der Waals surface area contributed by atoms with E-state index in [4.69, 9.17) is 17.2 Å². The molecule has 1 heterocycles. The molecule has 206 valence electrons. The van der Waals surface area contributed by atoms with Crippen LogP contribution >= 0.6 is 12.2 Å². The number of fused-ring (bicyclic) bond motifs is 1. The van der Waals surface area contributed by atoms with E-state index in [0.717, 1.165) is 53.9 Å². The quantitative estimate of drug-likeness (QED) is 0.356. The maximum Gasteiger partial charge on any atom is 0.272 e. The van der Waals surface area contributed by atoms with E-state index in [1.54, 1.807) is 11.9 Å². The number of carbonyl (C=O) groups is 2. The maximum absolute atomic E-state index is 13.8. The predicted molar refractivity (Wildman–Crippen MR) is 165 cm³/mol. The van der Waals surface area contributed by atoms with Gasteiger partial charge in [0.15, 0.2) is 5.11 Å². The highest BCUT2D eigenvalue weighted by atomic mass is 32.1. The van der Waals surface area contributed by atoms with E-state index in [1.165, 1.54) is 6.42 Å². The van der Waals surface area contributed by atoms with Crippen molar-refractivity contribution in [3.63, 3.8) is 0 Å². The molecule has 0 spiro atoms. The van der Waals surface area contributed by atoms with Crippen molar-refractivity contribution in [3.8, 4) is 0 Å². The molecule has 1 aliphatic carbocycles. The average Bonchev–Trinajstić information content (AvgIpc) is 3.09. The van der Waals surface area contributed by atoms with Gasteiger partial charge in [-0.05, 0) is 48.8 Å². The first-order valence-electron chi connectivity index (χ1n) is 13.9. The van der Waals surface area contributed by atoms with Crippen molar-refractivity contribution in [2.45, 2.75) is 50.7 Å². The monoisotopic (exact) mass is 553 g/mol. The second kappa shape index (κ2) is 12.9. The second-order valence-corrected chi connectivity index (χ2v) is 10.8. The van der Waals surface area contributed by atoms with Gasteiger partial charge in [0.25, 0.3) is 5.91 Å². The fourth-order valence-corrected chi connectivity index (χ4v) is 5.75. The molecule has 7 nitrogen and oxygen atoms in total. The number of thiocarbonyl (C=S) groups is 1. The standard InChI is InChI=1S/C32H35N5O2S/c1-37-27-20-12-11-19-25(27)28(23-15-7-3-8-16-23)35-29(31(37)39)36-30(38)26(21-22-13-5-2-6-14-22)34-32(40)33-24-17-9-4-10-18-24/h2,4-6,9-14,17-20,23,26,29H,3,7-8,15-16,21H2,1H3,(H,36,38)(H2,33,34,40)/t26-,29-/m1/s1. The smallest absolute Gasteiger partial charge is 0.272 e. The number of carbonyl (C=O) groups excluding carboxylic acids is 2. The van der Waals surface area contributed by atoms with Gasteiger partial charge >= 0.3 is 0 Å². The number of rotatable bonds is 7. The molecule has 3 N–H and O–H groups in total. The number of benzene rings is 3. The van der Waals surface area contributed by atoms with Crippen molar-refractivity contribution in [2.24, 2.45) is 10.9 Å². The molecule has 0 bridgehead atoms. The number of nitrogens with one attached hydrogen (secondary N) is 3. The number of likely N-dealkylation sites (N-methyl/N-ethyl adjacent to an activating group) is 1. The topological polar surface area (TPSA) is 85.8 Å². The zero-order valence-electron chi connectivity index (χ0n) is 22.7. The Labute approximate surface area is 241 Å². The van der Waals surface area contributed by atoms with Crippen LogP contribution < -0.4 is 20.9 Å². The van der Waals surface area contributed by atoms with Crippen molar-refractivity contribution < 1.29 is 9.59 Å². The van der Waals surface area contributed by atoms with Crippen LogP contribution in [0, 0.1) is 5.92 Å². The van der Waals surface area contributed by atoms with Crippen molar-refractivity contribution in [1.82, 2.24) is 10.6 Å². The molecular formula is C32H35N5O2S. The second-order valence-electron chi connectivity index (χ2n) is 10.4. The lowest BCUT2D eigenvalue weighted by molar-refractivity contribution is -0.128. The van der Waals surface area contributed by atoms with Gasteiger partial charge in [0, 0.05) is 30.6 Å². The Hall–Kier alpha value is -4.04. The molecule has 40 heavy (non-hydrogen) atoms. The molecule has 1 aliphatic heterocycles. The number of hydrogen-bond acceptors (Lipinski definition) is 4. The number of nitrogens with zero attached hydrogens (tertiary/aromatic N) is 2. The third-order valence-corrected chi connectivity index (χ3v) is 7.80. The molecule has 2 amide bonds. The fourth-order valence-electron chi connectivity index (χ4n) is 5.49. The van der Waals surface area contributed by atoms with E-state index in [1.807, 2.05) is 84.9 Å². The van der Waals surface area contributed by atoms with Crippen LogP contribution in [0.1, 0.15) is 43.2 Å². The minimum Gasteiger partial charge on any atom is -0.350 e. The normalized spacial score (nSPS) is 18.1.